The molecule has 0 saturated heterocycles. The molecule has 0 radical (unpaired) electrons. The van der Waals surface area contributed by atoms with E-state index in [0.717, 1.165) is 6.07 Å². The molecular formula is C9H8FNO3. The molecule has 0 bridgehead atoms. The fraction of sp³-hybridized carbons (Fsp3) is 0.111. The molecule has 2 N–H and O–H groups in total. The van der Waals surface area contributed by atoms with Crippen molar-refractivity contribution in [3.05, 3.63) is 23.5 Å². The predicted molar refractivity (Wildman–Crippen MR) is 47.8 cm³/mol. The molecule has 5 heteroatoms. The SMILES string of the molecule is CC(=O)Nc1ccc(O)c(C=O)c1F. The minimum absolute atomic E-state index is 0.127. The van der Waals surface area contributed by atoms with Gasteiger partial charge in [-0.25, -0.2) is 4.39 Å². The van der Waals surface area contributed by atoms with E-state index in [1.807, 2.05) is 0 Å². The average molecular weight is 197 g/mol. The standard InChI is InChI=1S/C9H8FNO3/c1-5(13)11-7-2-3-8(14)6(4-12)9(7)10/h2-4,14H,1H3,(H,11,13). The lowest BCUT2D eigenvalue weighted by Gasteiger charge is -2.06. The van der Waals surface area contributed by atoms with Crippen LogP contribution in [0, 0.1) is 5.82 Å². The van der Waals surface area contributed by atoms with E-state index in [0.29, 0.717) is 0 Å². The monoisotopic (exact) mass is 197 g/mol. The summed E-state index contributed by atoms with van der Waals surface area (Å²) in [5, 5.41) is 11.3. The van der Waals surface area contributed by atoms with Crippen LogP contribution in [0.25, 0.3) is 0 Å². The van der Waals surface area contributed by atoms with Gasteiger partial charge in [-0.1, -0.05) is 0 Å². The average Bonchev–Trinajstić information content (AvgIpc) is 2.10. The molecule has 0 heterocycles. The first-order valence-electron chi connectivity index (χ1n) is 3.80. The molecule has 0 aliphatic heterocycles. The number of rotatable bonds is 2. The largest absolute Gasteiger partial charge is 0.507 e. The maximum atomic E-state index is 13.3. The van der Waals surface area contributed by atoms with Gasteiger partial charge in [-0.05, 0) is 12.1 Å². The van der Waals surface area contributed by atoms with E-state index in [4.69, 9.17) is 5.11 Å². The highest BCUT2D eigenvalue weighted by Crippen LogP contribution is 2.24. The third-order valence-electron chi connectivity index (χ3n) is 1.59. The Morgan fingerprint density at radius 1 is 1.57 bits per heavy atom. The highest BCUT2D eigenvalue weighted by Gasteiger charge is 2.12. The van der Waals surface area contributed by atoms with E-state index in [9.17, 15) is 14.0 Å². The lowest BCUT2D eigenvalue weighted by Crippen LogP contribution is -2.08. The van der Waals surface area contributed by atoms with Crippen LogP contribution >= 0.6 is 0 Å². The van der Waals surface area contributed by atoms with Crippen LogP contribution in [0.3, 0.4) is 0 Å². The molecule has 1 rings (SSSR count). The van der Waals surface area contributed by atoms with E-state index < -0.39 is 23.0 Å². The van der Waals surface area contributed by atoms with Crippen LogP contribution in [0.4, 0.5) is 10.1 Å². The number of phenolic OH excluding ortho intramolecular Hbond substituents is 1. The first-order chi connectivity index (χ1) is 6.56. The quantitative estimate of drug-likeness (QED) is 0.554. The zero-order valence-corrected chi connectivity index (χ0v) is 7.37. The summed E-state index contributed by atoms with van der Waals surface area (Å²) in [7, 11) is 0. The maximum Gasteiger partial charge on any atom is 0.221 e. The molecule has 0 fully saturated rings. The second-order valence-electron chi connectivity index (χ2n) is 2.66. The number of hydrogen-bond donors (Lipinski definition) is 2. The Bertz CT molecular complexity index is 390. The summed E-state index contributed by atoms with van der Waals surface area (Å²) in [6.07, 6.45) is 0.190. The zero-order valence-electron chi connectivity index (χ0n) is 7.37. The first kappa shape index (κ1) is 10.2. The summed E-state index contributed by atoms with van der Waals surface area (Å²) in [4.78, 5) is 21.0. The van der Waals surface area contributed by atoms with Gasteiger partial charge >= 0.3 is 0 Å². The minimum Gasteiger partial charge on any atom is -0.507 e. The molecule has 0 aromatic heterocycles. The molecule has 1 amide bonds. The Kier molecular flexibility index (Phi) is 2.81. The fourth-order valence-electron chi connectivity index (χ4n) is 0.981. The minimum atomic E-state index is -0.935. The van der Waals surface area contributed by atoms with Crippen molar-refractivity contribution in [2.75, 3.05) is 5.32 Å². The van der Waals surface area contributed by atoms with Gasteiger partial charge in [0.25, 0.3) is 0 Å². The second-order valence-corrected chi connectivity index (χ2v) is 2.66. The van der Waals surface area contributed by atoms with E-state index >= 15 is 0 Å². The third kappa shape index (κ3) is 1.87. The Hall–Kier alpha value is -1.91. The second kappa shape index (κ2) is 3.87. The van der Waals surface area contributed by atoms with Gasteiger partial charge in [-0.3, -0.25) is 9.59 Å². The number of hydrogen-bond acceptors (Lipinski definition) is 3. The highest BCUT2D eigenvalue weighted by atomic mass is 19.1. The molecule has 74 valence electrons. The molecule has 4 nitrogen and oxygen atoms in total. The molecule has 0 saturated carbocycles. The van der Waals surface area contributed by atoms with Gasteiger partial charge < -0.3 is 10.4 Å². The van der Waals surface area contributed by atoms with Crippen molar-refractivity contribution in [2.24, 2.45) is 0 Å². The van der Waals surface area contributed by atoms with Crippen LogP contribution in [0.2, 0.25) is 0 Å². The van der Waals surface area contributed by atoms with E-state index in [-0.39, 0.29) is 12.0 Å². The Balaban J connectivity index is 3.20. The molecule has 1 aromatic carbocycles. The number of carbonyl (C=O) groups is 2. The molecular weight excluding hydrogens is 189 g/mol. The van der Waals surface area contributed by atoms with Crippen LogP contribution in [0.15, 0.2) is 12.1 Å². The van der Waals surface area contributed by atoms with Crippen LogP contribution in [-0.4, -0.2) is 17.3 Å². The molecule has 0 aliphatic rings. The first-order valence-corrected chi connectivity index (χ1v) is 3.80. The zero-order chi connectivity index (χ0) is 10.7. The lowest BCUT2D eigenvalue weighted by molar-refractivity contribution is -0.114. The molecule has 0 atom stereocenters. The number of halogens is 1. The van der Waals surface area contributed by atoms with Gasteiger partial charge in [-0.2, -0.15) is 0 Å². The molecule has 1 aromatic rings. The van der Waals surface area contributed by atoms with Crippen molar-refractivity contribution < 1.29 is 19.1 Å². The van der Waals surface area contributed by atoms with Crippen molar-refractivity contribution in [2.45, 2.75) is 6.92 Å². The van der Waals surface area contributed by atoms with Crippen molar-refractivity contribution in [1.82, 2.24) is 0 Å². The van der Waals surface area contributed by atoms with Crippen LogP contribution in [0.5, 0.6) is 5.75 Å². The molecule has 0 spiro atoms. The summed E-state index contributed by atoms with van der Waals surface area (Å²) in [5.41, 5.74) is -0.589. The van der Waals surface area contributed by atoms with Crippen LogP contribution in [0.1, 0.15) is 17.3 Å². The number of nitrogens with one attached hydrogen (secondary N) is 1. The smallest absolute Gasteiger partial charge is 0.221 e. The van der Waals surface area contributed by atoms with Crippen LogP contribution in [-0.2, 0) is 4.79 Å². The van der Waals surface area contributed by atoms with E-state index in [2.05, 4.69) is 5.32 Å². The number of anilines is 1. The molecule has 14 heavy (non-hydrogen) atoms. The number of carbonyl (C=O) groups excluding carboxylic acids is 2. The summed E-state index contributed by atoms with van der Waals surface area (Å²) >= 11 is 0. The summed E-state index contributed by atoms with van der Waals surface area (Å²) in [6.45, 7) is 1.22. The van der Waals surface area contributed by atoms with Crippen molar-refractivity contribution in [3.63, 3.8) is 0 Å². The Morgan fingerprint density at radius 2 is 2.21 bits per heavy atom. The summed E-state index contributed by atoms with van der Waals surface area (Å²) in [5.74, 6) is -1.84. The predicted octanol–water partition coefficient (Wildman–Crippen LogP) is 1.30. The van der Waals surface area contributed by atoms with Crippen LogP contribution < -0.4 is 5.32 Å². The summed E-state index contributed by atoms with van der Waals surface area (Å²) < 4.78 is 13.3. The number of aromatic hydroxyl groups is 1. The van der Waals surface area contributed by atoms with E-state index in [1.54, 1.807) is 0 Å². The van der Waals surface area contributed by atoms with Crippen molar-refractivity contribution in [1.29, 1.82) is 0 Å². The van der Waals surface area contributed by atoms with Gasteiger partial charge in [0.1, 0.15) is 5.75 Å². The highest BCUT2D eigenvalue weighted by molar-refractivity contribution is 5.91. The maximum absolute atomic E-state index is 13.3. The van der Waals surface area contributed by atoms with Crippen molar-refractivity contribution >= 4 is 17.9 Å². The van der Waals surface area contributed by atoms with Crippen molar-refractivity contribution in [3.8, 4) is 5.75 Å². The Labute approximate surface area is 79.4 Å². The van der Waals surface area contributed by atoms with Gasteiger partial charge in [-0.15, -0.1) is 0 Å². The number of aldehydes is 1. The summed E-state index contributed by atoms with van der Waals surface area (Å²) in [6, 6.07) is 2.32. The third-order valence-corrected chi connectivity index (χ3v) is 1.59. The number of amides is 1. The molecule has 0 unspecified atom stereocenters. The van der Waals surface area contributed by atoms with Gasteiger partial charge in [0.05, 0.1) is 11.3 Å². The lowest BCUT2D eigenvalue weighted by atomic mass is 10.2. The van der Waals surface area contributed by atoms with Gasteiger partial charge in [0.2, 0.25) is 5.91 Å². The Morgan fingerprint density at radius 3 is 2.71 bits per heavy atom. The number of benzene rings is 1. The van der Waals surface area contributed by atoms with E-state index in [1.165, 1.54) is 13.0 Å². The van der Waals surface area contributed by atoms with Gasteiger partial charge in [0.15, 0.2) is 12.1 Å². The normalized spacial score (nSPS) is 9.57. The molecule has 0 aliphatic carbocycles. The topological polar surface area (TPSA) is 66.4 Å². The number of phenols is 1. The van der Waals surface area contributed by atoms with Gasteiger partial charge in [0, 0.05) is 6.92 Å². The fourth-order valence-corrected chi connectivity index (χ4v) is 0.981.